The molecule has 1 aliphatic carbocycles. The zero-order chi connectivity index (χ0) is 18.4. The van der Waals surface area contributed by atoms with Crippen LogP contribution < -0.4 is 0 Å². The van der Waals surface area contributed by atoms with E-state index >= 15 is 0 Å². The molecule has 5 rings (SSSR count). The van der Waals surface area contributed by atoms with Gasteiger partial charge in [-0.3, -0.25) is 4.79 Å². The molecule has 1 aromatic carbocycles. The Hall–Kier alpha value is -3.28. The van der Waals surface area contributed by atoms with Gasteiger partial charge in [0.15, 0.2) is 17.1 Å². The highest BCUT2D eigenvalue weighted by molar-refractivity contribution is 5.97. The molecule has 0 fully saturated rings. The van der Waals surface area contributed by atoms with Crippen molar-refractivity contribution >= 4 is 11.4 Å². The number of ketones is 1. The van der Waals surface area contributed by atoms with E-state index in [0.29, 0.717) is 24.2 Å². The van der Waals surface area contributed by atoms with E-state index in [1.165, 1.54) is 0 Å². The monoisotopic (exact) mass is 358 g/mol. The van der Waals surface area contributed by atoms with Crippen LogP contribution in [0.3, 0.4) is 0 Å². The van der Waals surface area contributed by atoms with Gasteiger partial charge in [-0.15, -0.1) is 10.2 Å². The number of rotatable bonds is 3. The number of fused-ring (bicyclic) bond motifs is 3. The Morgan fingerprint density at radius 2 is 1.96 bits per heavy atom. The molecule has 134 valence electrons. The van der Waals surface area contributed by atoms with Gasteiger partial charge in [0.1, 0.15) is 5.76 Å². The zero-order valence-electron chi connectivity index (χ0n) is 14.9. The number of carbonyl (C=O) groups excluding carboxylic acids is 1. The van der Waals surface area contributed by atoms with Crippen molar-refractivity contribution in [3.8, 4) is 11.1 Å². The molecular formula is C21H18N4O2. The highest BCUT2D eigenvalue weighted by atomic mass is 16.3. The predicted octanol–water partition coefficient (Wildman–Crippen LogP) is 3.86. The number of furan rings is 1. The molecule has 4 aromatic rings. The Morgan fingerprint density at radius 3 is 2.70 bits per heavy atom. The van der Waals surface area contributed by atoms with Crippen LogP contribution in [0.5, 0.6) is 0 Å². The Bertz CT molecular complexity index is 1130. The predicted molar refractivity (Wildman–Crippen MR) is 99.7 cm³/mol. The SMILES string of the molecule is CCc1nn2c3c(nnc2c1-c1ccccc1)C(=O)C[C@H](c1ccco1)C3. The van der Waals surface area contributed by atoms with Crippen LogP contribution in [0, 0.1) is 0 Å². The third kappa shape index (κ3) is 2.48. The van der Waals surface area contributed by atoms with E-state index < -0.39 is 0 Å². The van der Waals surface area contributed by atoms with E-state index in [0.717, 1.165) is 34.7 Å². The number of Topliss-reactive ketones (excluding diaryl/α,β-unsaturated/α-hetero) is 1. The summed E-state index contributed by atoms with van der Waals surface area (Å²) < 4.78 is 7.37. The third-order valence-electron chi connectivity index (χ3n) is 5.19. The maximum absolute atomic E-state index is 12.7. The molecule has 0 saturated heterocycles. The van der Waals surface area contributed by atoms with Crippen LogP contribution in [-0.2, 0) is 12.8 Å². The smallest absolute Gasteiger partial charge is 0.185 e. The van der Waals surface area contributed by atoms with Crippen LogP contribution >= 0.6 is 0 Å². The number of nitrogens with zero attached hydrogens (tertiary/aromatic N) is 4. The molecule has 0 saturated carbocycles. The number of benzene rings is 1. The number of aryl methyl sites for hydroxylation is 1. The van der Waals surface area contributed by atoms with Crippen molar-refractivity contribution in [1.29, 1.82) is 0 Å². The minimum atomic E-state index is -0.0122. The summed E-state index contributed by atoms with van der Waals surface area (Å²) in [4.78, 5) is 12.7. The number of aromatic nitrogens is 4. The highest BCUT2D eigenvalue weighted by Crippen LogP contribution is 2.34. The second-order valence-electron chi connectivity index (χ2n) is 6.82. The average molecular weight is 358 g/mol. The fourth-order valence-electron chi connectivity index (χ4n) is 3.89. The molecule has 0 spiro atoms. The lowest BCUT2D eigenvalue weighted by Crippen LogP contribution is -2.24. The second-order valence-corrected chi connectivity index (χ2v) is 6.82. The fraction of sp³-hybridized carbons (Fsp3) is 0.238. The molecule has 1 aliphatic rings. The zero-order valence-corrected chi connectivity index (χ0v) is 14.9. The lowest BCUT2D eigenvalue weighted by molar-refractivity contribution is 0.0951. The van der Waals surface area contributed by atoms with Gasteiger partial charge < -0.3 is 4.42 Å². The van der Waals surface area contributed by atoms with Crippen molar-refractivity contribution in [3.63, 3.8) is 0 Å². The molecule has 3 aromatic heterocycles. The molecule has 6 heteroatoms. The van der Waals surface area contributed by atoms with Crippen LogP contribution in [-0.4, -0.2) is 25.6 Å². The first-order valence-corrected chi connectivity index (χ1v) is 9.15. The van der Waals surface area contributed by atoms with Gasteiger partial charge in [0.25, 0.3) is 0 Å². The molecule has 1 atom stereocenters. The Balaban J connectivity index is 1.72. The van der Waals surface area contributed by atoms with Gasteiger partial charge in [-0.25, -0.2) is 4.52 Å². The minimum absolute atomic E-state index is 0.00171. The minimum Gasteiger partial charge on any atom is -0.469 e. The maximum Gasteiger partial charge on any atom is 0.185 e. The molecule has 0 bridgehead atoms. The number of hydrogen-bond acceptors (Lipinski definition) is 5. The van der Waals surface area contributed by atoms with Crippen LogP contribution in [0.2, 0.25) is 0 Å². The molecule has 0 radical (unpaired) electrons. The van der Waals surface area contributed by atoms with Gasteiger partial charge in [-0.05, 0) is 24.1 Å². The summed E-state index contributed by atoms with van der Waals surface area (Å²) in [6.45, 7) is 2.07. The van der Waals surface area contributed by atoms with Crippen molar-refractivity contribution < 1.29 is 9.21 Å². The first-order chi connectivity index (χ1) is 13.3. The highest BCUT2D eigenvalue weighted by Gasteiger charge is 2.32. The van der Waals surface area contributed by atoms with E-state index in [1.807, 2.05) is 47.0 Å². The average Bonchev–Trinajstić information content (AvgIpc) is 3.36. The van der Waals surface area contributed by atoms with Gasteiger partial charge in [-0.2, -0.15) is 5.10 Å². The van der Waals surface area contributed by atoms with E-state index in [-0.39, 0.29) is 11.7 Å². The van der Waals surface area contributed by atoms with Crippen LogP contribution in [0.25, 0.3) is 16.8 Å². The van der Waals surface area contributed by atoms with Crippen molar-refractivity contribution in [2.45, 2.75) is 32.1 Å². The Kier molecular flexibility index (Phi) is 3.63. The summed E-state index contributed by atoms with van der Waals surface area (Å²) in [6.07, 6.45) is 3.46. The first-order valence-electron chi connectivity index (χ1n) is 9.15. The largest absolute Gasteiger partial charge is 0.469 e. The Morgan fingerprint density at radius 1 is 1.11 bits per heavy atom. The quantitative estimate of drug-likeness (QED) is 0.556. The Labute approximate surface area is 155 Å². The van der Waals surface area contributed by atoms with Crippen molar-refractivity contribution in [2.75, 3.05) is 0 Å². The van der Waals surface area contributed by atoms with Crippen LogP contribution in [0.15, 0.2) is 53.1 Å². The van der Waals surface area contributed by atoms with Gasteiger partial charge >= 0.3 is 0 Å². The summed E-state index contributed by atoms with van der Waals surface area (Å²) in [5, 5.41) is 13.5. The normalized spacial score (nSPS) is 16.6. The summed E-state index contributed by atoms with van der Waals surface area (Å²) in [6, 6.07) is 13.9. The van der Waals surface area contributed by atoms with Gasteiger partial charge in [-0.1, -0.05) is 37.3 Å². The molecule has 0 N–H and O–H groups in total. The van der Waals surface area contributed by atoms with Crippen LogP contribution in [0.1, 0.15) is 46.9 Å². The van der Waals surface area contributed by atoms with Crippen LogP contribution in [0.4, 0.5) is 0 Å². The lowest BCUT2D eigenvalue weighted by Gasteiger charge is -2.21. The van der Waals surface area contributed by atoms with Crippen molar-refractivity contribution in [1.82, 2.24) is 19.8 Å². The molecule has 0 aliphatic heterocycles. The van der Waals surface area contributed by atoms with E-state index in [2.05, 4.69) is 17.1 Å². The standard InChI is InChI=1S/C21H18N4O2/c1-2-15-19(13-7-4-3-5-8-13)21-23-22-20-16(25(21)24-15)11-14(12-17(20)26)18-9-6-10-27-18/h3-10,14H,2,11-12H2,1H3/t14-/m1/s1. The van der Waals surface area contributed by atoms with E-state index in [1.54, 1.807) is 6.26 Å². The maximum atomic E-state index is 12.7. The number of hydrogen-bond donors (Lipinski definition) is 0. The van der Waals surface area contributed by atoms with Crippen molar-refractivity contribution in [2.24, 2.45) is 0 Å². The fourth-order valence-corrected chi connectivity index (χ4v) is 3.89. The molecule has 0 unspecified atom stereocenters. The molecule has 27 heavy (non-hydrogen) atoms. The topological polar surface area (TPSA) is 73.3 Å². The molecule has 6 nitrogen and oxygen atoms in total. The molecule has 3 heterocycles. The third-order valence-corrected chi connectivity index (χ3v) is 5.19. The van der Waals surface area contributed by atoms with E-state index in [4.69, 9.17) is 9.52 Å². The summed E-state index contributed by atoms with van der Waals surface area (Å²) >= 11 is 0. The summed E-state index contributed by atoms with van der Waals surface area (Å²) in [5.74, 6) is 0.814. The summed E-state index contributed by atoms with van der Waals surface area (Å²) in [7, 11) is 0. The van der Waals surface area contributed by atoms with Gasteiger partial charge in [0.05, 0.1) is 23.2 Å². The summed E-state index contributed by atoms with van der Waals surface area (Å²) in [5.41, 5.74) is 4.94. The first kappa shape index (κ1) is 15.9. The molecular weight excluding hydrogens is 340 g/mol. The lowest BCUT2D eigenvalue weighted by atomic mass is 9.87. The van der Waals surface area contributed by atoms with Gasteiger partial charge in [0.2, 0.25) is 0 Å². The van der Waals surface area contributed by atoms with Gasteiger partial charge in [0, 0.05) is 18.8 Å². The second kappa shape index (κ2) is 6.16. The number of carbonyl (C=O) groups is 1. The van der Waals surface area contributed by atoms with E-state index in [9.17, 15) is 4.79 Å². The van der Waals surface area contributed by atoms with Crippen molar-refractivity contribution in [3.05, 3.63) is 71.6 Å². The molecule has 0 amide bonds.